The lowest BCUT2D eigenvalue weighted by Crippen LogP contribution is -2.44. The summed E-state index contributed by atoms with van der Waals surface area (Å²) >= 11 is 12.0. The van der Waals surface area contributed by atoms with Gasteiger partial charge >= 0.3 is 0 Å². The lowest BCUT2D eigenvalue weighted by molar-refractivity contribution is -0.134. The Balaban J connectivity index is 2.05. The van der Waals surface area contributed by atoms with E-state index in [0.717, 1.165) is 37.7 Å². The number of carbonyl (C=O) groups is 1. The molecule has 0 heterocycles. The van der Waals surface area contributed by atoms with Crippen molar-refractivity contribution in [2.24, 2.45) is 5.73 Å². The normalized spacial score (nSPS) is 15.8. The first-order valence-corrected chi connectivity index (χ1v) is 8.28. The van der Waals surface area contributed by atoms with Gasteiger partial charge < -0.3 is 10.6 Å². The van der Waals surface area contributed by atoms with Gasteiger partial charge in [-0.1, -0.05) is 49.0 Å². The summed E-state index contributed by atoms with van der Waals surface area (Å²) in [4.78, 5) is 14.4. The molecule has 21 heavy (non-hydrogen) atoms. The zero-order valence-corrected chi connectivity index (χ0v) is 13.8. The average molecular weight is 329 g/mol. The maximum atomic E-state index is 12.5. The third kappa shape index (κ3) is 4.60. The molecule has 0 bridgehead atoms. The molecule has 0 radical (unpaired) electrons. The average Bonchev–Trinajstić information content (AvgIpc) is 3.29. The number of hydrogen-bond acceptors (Lipinski definition) is 2. The van der Waals surface area contributed by atoms with E-state index < -0.39 is 6.04 Å². The summed E-state index contributed by atoms with van der Waals surface area (Å²) in [6.45, 7) is 2.66. The summed E-state index contributed by atoms with van der Waals surface area (Å²) in [5.41, 5.74) is 7.03. The third-order valence-electron chi connectivity index (χ3n) is 3.79. The molecule has 2 rings (SSSR count). The predicted molar refractivity (Wildman–Crippen MR) is 87.5 cm³/mol. The molecule has 1 aromatic carbocycles. The standard InChI is InChI=1S/C16H22Cl2N2O/c1-2-3-4-15(19)16(21)20(12-6-7-12)10-11-5-8-13(17)14(18)9-11/h5,8-9,12,15H,2-4,6-7,10,19H2,1H3. The number of hydrogen-bond donors (Lipinski definition) is 1. The van der Waals surface area contributed by atoms with Gasteiger partial charge in [0, 0.05) is 12.6 Å². The van der Waals surface area contributed by atoms with Crippen molar-refractivity contribution in [1.29, 1.82) is 0 Å². The summed E-state index contributed by atoms with van der Waals surface area (Å²) in [7, 11) is 0. The number of nitrogens with zero attached hydrogens (tertiary/aromatic N) is 1. The molecule has 1 aromatic rings. The van der Waals surface area contributed by atoms with E-state index in [-0.39, 0.29) is 5.91 Å². The Kier molecular flexibility index (Phi) is 5.91. The van der Waals surface area contributed by atoms with Gasteiger partial charge in [-0.2, -0.15) is 0 Å². The fraction of sp³-hybridized carbons (Fsp3) is 0.562. The van der Waals surface area contributed by atoms with Gasteiger partial charge in [0.25, 0.3) is 0 Å². The number of halogens is 2. The molecule has 1 unspecified atom stereocenters. The van der Waals surface area contributed by atoms with Crippen LogP contribution in [0.5, 0.6) is 0 Å². The molecule has 1 saturated carbocycles. The van der Waals surface area contributed by atoms with Crippen LogP contribution >= 0.6 is 23.2 Å². The molecule has 116 valence electrons. The van der Waals surface area contributed by atoms with Gasteiger partial charge in [-0.25, -0.2) is 0 Å². The highest BCUT2D eigenvalue weighted by molar-refractivity contribution is 6.42. The summed E-state index contributed by atoms with van der Waals surface area (Å²) in [6.07, 6.45) is 4.91. The fourth-order valence-corrected chi connectivity index (χ4v) is 2.69. The first-order chi connectivity index (χ1) is 10.0. The summed E-state index contributed by atoms with van der Waals surface area (Å²) < 4.78 is 0. The second-order valence-electron chi connectivity index (χ2n) is 5.69. The first-order valence-electron chi connectivity index (χ1n) is 7.53. The van der Waals surface area contributed by atoms with Crippen molar-refractivity contribution in [3.63, 3.8) is 0 Å². The molecule has 1 amide bonds. The minimum Gasteiger partial charge on any atom is -0.334 e. The lowest BCUT2D eigenvalue weighted by atomic mass is 10.1. The second kappa shape index (κ2) is 7.48. The van der Waals surface area contributed by atoms with Gasteiger partial charge in [0.2, 0.25) is 5.91 Å². The maximum Gasteiger partial charge on any atom is 0.240 e. The van der Waals surface area contributed by atoms with Gasteiger partial charge in [0.15, 0.2) is 0 Å². The Morgan fingerprint density at radius 1 is 1.38 bits per heavy atom. The van der Waals surface area contributed by atoms with Gasteiger partial charge in [0.1, 0.15) is 0 Å². The lowest BCUT2D eigenvalue weighted by Gasteiger charge is -2.26. The SMILES string of the molecule is CCCCC(N)C(=O)N(Cc1ccc(Cl)c(Cl)c1)C1CC1. The highest BCUT2D eigenvalue weighted by Crippen LogP contribution is 2.30. The van der Waals surface area contributed by atoms with Crippen LogP contribution in [-0.4, -0.2) is 22.9 Å². The number of nitrogens with two attached hydrogens (primary N) is 1. The predicted octanol–water partition coefficient (Wildman–Crippen LogP) is 4.00. The molecule has 1 atom stereocenters. The maximum absolute atomic E-state index is 12.5. The van der Waals surface area contributed by atoms with Crippen molar-refractivity contribution < 1.29 is 4.79 Å². The summed E-state index contributed by atoms with van der Waals surface area (Å²) in [5, 5.41) is 1.05. The van der Waals surface area contributed by atoms with E-state index in [2.05, 4.69) is 6.92 Å². The van der Waals surface area contributed by atoms with E-state index in [9.17, 15) is 4.79 Å². The topological polar surface area (TPSA) is 46.3 Å². The van der Waals surface area contributed by atoms with Crippen LogP contribution < -0.4 is 5.73 Å². The van der Waals surface area contributed by atoms with Crippen molar-refractivity contribution in [2.75, 3.05) is 0 Å². The number of amides is 1. The van der Waals surface area contributed by atoms with Crippen molar-refractivity contribution in [2.45, 2.75) is 57.7 Å². The van der Waals surface area contributed by atoms with Crippen LogP contribution in [0.4, 0.5) is 0 Å². The van der Waals surface area contributed by atoms with E-state index in [1.807, 2.05) is 17.0 Å². The highest BCUT2D eigenvalue weighted by atomic mass is 35.5. The Morgan fingerprint density at radius 2 is 2.10 bits per heavy atom. The Hall–Kier alpha value is -0.770. The minimum absolute atomic E-state index is 0.0528. The summed E-state index contributed by atoms with van der Waals surface area (Å²) in [6, 6.07) is 5.44. The fourth-order valence-electron chi connectivity index (χ4n) is 2.37. The largest absolute Gasteiger partial charge is 0.334 e. The second-order valence-corrected chi connectivity index (χ2v) is 6.51. The molecular formula is C16H22Cl2N2O. The van der Waals surface area contributed by atoms with E-state index in [1.165, 1.54) is 0 Å². The van der Waals surface area contributed by atoms with E-state index in [0.29, 0.717) is 22.6 Å². The Bertz CT molecular complexity index is 503. The van der Waals surface area contributed by atoms with Crippen LogP contribution in [0.3, 0.4) is 0 Å². The Morgan fingerprint density at radius 3 is 2.67 bits per heavy atom. The van der Waals surface area contributed by atoms with E-state index >= 15 is 0 Å². The number of rotatable bonds is 7. The van der Waals surface area contributed by atoms with Gasteiger partial charge in [-0.15, -0.1) is 0 Å². The zero-order chi connectivity index (χ0) is 15.4. The first kappa shape index (κ1) is 16.6. The summed E-state index contributed by atoms with van der Waals surface area (Å²) in [5.74, 6) is 0.0528. The molecule has 0 aromatic heterocycles. The Labute approximate surface area is 136 Å². The van der Waals surface area contributed by atoms with E-state index in [1.54, 1.807) is 6.07 Å². The van der Waals surface area contributed by atoms with Gasteiger partial charge in [-0.05, 0) is 37.0 Å². The van der Waals surface area contributed by atoms with Crippen molar-refractivity contribution in [1.82, 2.24) is 4.90 Å². The molecule has 0 spiro atoms. The number of unbranched alkanes of at least 4 members (excludes halogenated alkanes) is 1. The molecule has 0 aliphatic heterocycles. The smallest absolute Gasteiger partial charge is 0.240 e. The molecule has 0 saturated heterocycles. The molecular weight excluding hydrogens is 307 g/mol. The molecule has 1 fully saturated rings. The van der Waals surface area contributed by atoms with Crippen LogP contribution in [0, 0.1) is 0 Å². The van der Waals surface area contributed by atoms with Crippen LogP contribution in [0.25, 0.3) is 0 Å². The molecule has 3 nitrogen and oxygen atoms in total. The molecule has 1 aliphatic carbocycles. The van der Waals surface area contributed by atoms with Crippen LogP contribution in [0.2, 0.25) is 10.0 Å². The molecule has 1 aliphatic rings. The molecule has 2 N–H and O–H groups in total. The number of carbonyl (C=O) groups excluding carboxylic acids is 1. The van der Waals surface area contributed by atoms with Crippen LogP contribution in [0.15, 0.2) is 18.2 Å². The molecule has 5 heteroatoms. The monoisotopic (exact) mass is 328 g/mol. The number of benzene rings is 1. The minimum atomic E-state index is -0.395. The highest BCUT2D eigenvalue weighted by Gasteiger charge is 2.34. The van der Waals surface area contributed by atoms with Crippen LogP contribution in [0.1, 0.15) is 44.6 Å². The van der Waals surface area contributed by atoms with Crippen LogP contribution in [-0.2, 0) is 11.3 Å². The van der Waals surface area contributed by atoms with Crippen molar-refractivity contribution >= 4 is 29.1 Å². The van der Waals surface area contributed by atoms with E-state index in [4.69, 9.17) is 28.9 Å². The quantitative estimate of drug-likeness (QED) is 0.822. The van der Waals surface area contributed by atoms with Gasteiger partial charge in [0.05, 0.1) is 16.1 Å². The van der Waals surface area contributed by atoms with Crippen molar-refractivity contribution in [3.05, 3.63) is 33.8 Å². The zero-order valence-electron chi connectivity index (χ0n) is 12.3. The van der Waals surface area contributed by atoms with Crippen molar-refractivity contribution in [3.8, 4) is 0 Å². The third-order valence-corrected chi connectivity index (χ3v) is 4.53. The van der Waals surface area contributed by atoms with Gasteiger partial charge in [-0.3, -0.25) is 4.79 Å².